The Bertz CT molecular complexity index is 741. The highest BCUT2D eigenvalue weighted by Crippen LogP contribution is 2.29. The molecule has 5 nitrogen and oxygen atoms in total. The largest absolute Gasteiger partial charge is 0.488 e. The summed E-state index contributed by atoms with van der Waals surface area (Å²) >= 11 is 0. The summed E-state index contributed by atoms with van der Waals surface area (Å²) in [5.41, 5.74) is 6.94. The van der Waals surface area contributed by atoms with Crippen LogP contribution in [0.15, 0.2) is 52.9 Å². The topological polar surface area (TPSA) is 74.2 Å². The lowest BCUT2D eigenvalue weighted by molar-refractivity contribution is 0.306. The van der Waals surface area contributed by atoms with Gasteiger partial charge >= 0.3 is 6.01 Å². The van der Waals surface area contributed by atoms with Gasteiger partial charge in [0, 0.05) is 0 Å². The van der Waals surface area contributed by atoms with Gasteiger partial charge in [-0.1, -0.05) is 29.4 Å². The predicted octanol–water partition coefficient (Wildman–Crippen LogP) is 3.04. The molecule has 0 atom stereocenters. The molecule has 0 spiro atoms. The van der Waals surface area contributed by atoms with E-state index in [1.807, 2.05) is 12.1 Å². The van der Waals surface area contributed by atoms with Gasteiger partial charge in [-0.2, -0.15) is 0 Å². The minimum Gasteiger partial charge on any atom is -0.488 e. The highest BCUT2D eigenvalue weighted by atomic mass is 19.1. The minimum atomic E-state index is -0.277. The van der Waals surface area contributed by atoms with Gasteiger partial charge in [0.25, 0.3) is 5.89 Å². The third kappa shape index (κ3) is 3.00. The van der Waals surface area contributed by atoms with E-state index in [1.54, 1.807) is 24.3 Å². The summed E-state index contributed by atoms with van der Waals surface area (Å²) < 4.78 is 23.8. The molecule has 0 fully saturated rings. The van der Waals surface area contributed by atoms with Crippen LogP contribution in [0, 0.1) is 5.82 Å². The Balaban J connectivity index is 1.81. The summed E-state index contributed by atoms with van der Waals surface area (Å²) in [6.07, 6.45) is 0. The van der Waals surface area contributed by atoms with Crippen molar-refractivity contribution in [2.45, 2.75) is 6.61 Å². The van der Waals surface area contributed by atoms with Crippen molar-refractivity contribution < 1.29 is 13.5 Å². The average Bonchev–Trinajstić information content (AvgIpc) is 2.93. The van der Waals surface area contributed by atoms with Crippen LogP contribution in [-0.2, 0) is 6.61 Å². The van der Waals surface area contributed by atoms with Gasteiger partial charge in [-0.15, -0.1) is 5.10 Å². The predicted molar refractivity (Wildman–Crippen MR) is 74.9 cm³/mol. The van der Waals surface area contributed by atoms with E-state index in [9.17, 15) is 4.39 Å². The van der Waals surface area contributed by atoms with E-state index in [0.717, 1.165) is 5.56 Å². The molecule has 0 aliphatic carbocycles. The second-order valence-corrected chi connectivity index (χ2v) is 4.36. The van der Waals surface area contributed by atoms with Crippen molar-refractivity contribution in [2.24, 2.45) is 0 Å². The summed E-state index contributed by atoms with van der Waals surface area (Å²) in [6.45, 7) is 0.306. The number of nitrogens with two attached hydrogens (primary N) is 1. The molecule has 0 unspecified atom stereocenters. The second kappa shape index (κ2) is 5.62. The van der Waals surface area contributed by atoms with Crippen LogP contribution < -0.4 is 10.5 Å². The van der Waals surface area contributed by atoms with Crippen LogP contribution in [0.5, 0.6) is 5.75 Å². The highest BCUT2D eigenvalue weighted by molar-refractivity contribution is 5.62. The van der Waals surface area contributed by atoms with Gasteiger partial charge in [0.05, 0.1) is 5.56 Å². The summed E-state index contributed by atoms with van der Waals surface area (Å²) in [7, 11) is 0. The van der Waals surface area contributed by atoms with Crippen molar-refractivity contribution in [1.82, 2.24) is 10.2 Å². The molecule has 0 aliphatic heterocycles. The zero-order valence-corrected chi connectivity index (χ0v) is 11.0. The van der Waals surface area contributed by atoms with Crippen LogP contribution >= 0.6 is 0 Å². The summed E-state index contributed by atoms with van der Waals surface area (Å²) in [5, 5.41) is 7.47. The molecule has 2 aromatic carbocycles. The zero-order valence-electron chi connectivity index (χ0n) is 11.0. The van der Waals surface area contributed by atoms with Crippen LogP contribution in [0.2, 0.25) is 0 Å². The Morgan fingerprint density at radius 1 is 1.05 bits per heavy atom. The molecule has 0 bridgehead atoms. The van der Waals surface area contributed by atoms with Crippen molar-refractivity contribution in [1.29, 1.82) is 0 Å². The maximum absolute atomic E-state index is 12.9. The third-order valence-electron chi connectivity index (χ3n) is 2.87. The van der Waals surface area contributed by atoms with E-state index in [4.69, 9.17) is 14.9 Å². The third-order valence-corrected chi connectivity index (χ3v) is 2.87. The van der Waals surface area contributed by atoms with Crippen molar-refractivity contribution in [3.63, 3.8) is 0 Å². The number of rotatable bonds is 4. The highest BCUT2D eigenvalue weighted by Gasteiger charge is 2.12. The first-order valence-corrected chi connectivity index (χ1v) is 6.28. The van der Waals surface area contributed by atoms with Gasteiger partial charge in [0.15, 0.2) is 0 Å². The van der Waals surface area contributed by atoms with Crippen LogP contribution in [-0.4, -0.2) is 10.2 Å². The first kappa shape index (κ1) is 13.1. The van der Waals surface area contributed by atoms with E-state index in [-0.39, 0.29) is 11.8 Å². The summed E-state index contributed by atoms with van der Waals surface area (Å²) in [6, 6.07) is 13.4. The minimum absolute atomic E-state index is 0.00154. The van der Waals surface area contributed by atoms with Gasteiger partial charge in [0.2, 0.25) is 0 Å². The second-order valence-electron chi connectivity index (χ2n) is 4.36. The number of nitrogen functional groups attached to an aromatic ring is 1. The van der Waals surface area contributed by atoms with Gasteiger partial charge in [-0.25, -0.2) is 4.39 Å². The number of hydrogen-bond donors (Lipinski definition) is 1. The number of nitrogens with zero attached hydrogens (tertiary/aromatic N) is 2. The van der Waals surface area contributed by atoms with Crippen LogP contribution in [0.3, 0.4) is 0 Å². The monoisotopic (exact) mass is 285 g/mol. The molecule has 21 heavy (non-hydrogen) atoms. The Hall–Kier alpha value is -2.89. The first-order chi connectivity index (χ1) is 10.2. The molecular weight excluding hydrogens is 273 g/mol. The Morgan fingerprint density at radius 2 is 1.81 bits per heavy atom. The quantitative estimate of drug-likeness (QED) is 0.797. The summed E-state index contributed by atoms with van der Waals surface area (Å²) in [4.78, 5) is 0. The van der Waals surface area contributed by atoms with Crippen molar-refractivity contribution in [3.8, 4) is 17.2 Å². The lowest BCUT2D eigenvalue weighted by Gasteiger charge is -2.09. The fraction of sp³-hybridized carbons (Fsp3) is 0.0667. The SMILES string of the molecule is Nc1nnc(-c2ccccc2OCc2ccc(F)cc2)o1. The Morgan fingerprint density at radius 3 is 2.52 bits per heavy atom. The molecule has 106 valence electrons. The lowest BCUT2D eigenvalue weighted by Crippen LogP contribution is -1.97. The van der Waals surface area contributed by atoms with E-state index in [1.165, 1.54) is 12.1 Å². The number of ether oxygens (including phenoxy) is 1. The van der Waals surface area contributed by atoms with Crippen molar-refractivity contribution in [3.05, 3.63) is 59.9 Å². The molecule has 1 aromatic heterocycles. The molecule has 0 saturated carbocycles. The first-order valence-electron chi connectivity index (χ1n) is 6.28. The van der Waals surface area contributed by atoms with E-state index < -0.39 is 0 Å². The van der Waals surface area contributed by atoms with Crippen molar-refractivity contribution >= 4 is 6.01 Å². The Kier molecular flexibility index (Phi) is 3.51. The summed E-state index contributed by atoms with van der Waals surface area (Å²) in [5.74, 6) is 0.605. The van der Waals surface area contributed by atoms with E-state index in [2.05, 4.69) is 10.2 Å². The molecule has 3 rings (SSSR count). The fourth-order valence-electron chi connectivity index (χ4n) is 1.85. The molecule has 6 heteroatoms. The molecule has 0 saturated heterocycles. The lowest BCUT2D eigenvalue weighted by atomic mass is 10.2. The van der Waals surface area contributed by atoms with Crippen LogP contribution in [0.4, 0.5) is 10.4 Å². The van der Waals surface area contributed by atoms with Gasteiger partial charge < -0.3 is 14.9 Å². The molecule has 3 aromatic rings. The molecule has 0 radical (unpaired) electrons. The fourth-order valence-corrected chi connectivity index (χ4v) is 1.85. The zero-order chi connectivity index (χ0) is 14.7. The van der Waals surface area contributed by atoms with E-state index >= 15 is 0 Å². The van der Waals surface area contributed by atoms with Crippen LogP contribution in [0.1, 0.15) is 5.56 Å². The maximum Gasteiger partial charge on any atom is 0.313 e. The molecule has 2 N–H and O–H groups in total. The number of para-hydroxylation sites is 1. The molecular formula is C15H12FN3O2. The smallest absolute Gasteiger partial charge is 0.313 e. The standard InChI is InChI=1S/C15H12FN3O2/c16-11-7-5-10(6-8-11)9-20-13-4-2-1-3-12(13)14-18-19-15(17)21-14/h1-8H,9H2,(H2,17,19). The van der Waals surface area contributed by atoms with Gasteiger partial charge in [-0.3, -0.25) is 0 Å². The number of hydrogen-bond acceptors (Lipinski definition) is 5. The maximum atomic E-state index is 12.9. The number of benzene rings is 2. The number of anilines is 1. The number of halogens is 1. The van der Waals surface area contributed by atoms with Crippen molar-refractivity contribution in [2.75, 3.05) is 5.73 Å². The average molecular weight is 285 g/mol. The van der Waals surface area contributed by atoms with E-state index in [0.29, 0.717) is 23.8 Å². The Labute approximate surface area is 120 Å². The molecule has 0 amide bonds. The van der Waals surface area contributed by atoms with Crippen LogP contribution in [0.25, 0.3) is 11.5 Å². The number of aromatic nitrogens is 2. The molecule has 0 aliphatic rings. The molecule has 1 heterocycles. The van der Waals surface area contributed by atoms with Gasteiger partial charge in [-0.05, 0) is 29.8 Å². The van der Waals surface area contributed by atoms with Gasteiger partial charge in [0.1, 0.15) is 18.2 Å². The normalized spacial score (nSPS) is 10.5.